The predicted molar refractivity (Wildman–Crippen MR) is 53.7 cm³/mol. The van der Waals surface area contributed by atoms with Crippen molar-refractivity contribution in [2.75, 3.05) is 6.61 Å². The van der Waals surface area contributed by atoms with Gasteiger partial charge in [-0.15, -0.1) is 0 Å². The van der Waals surface area contributed by atoms with E-state index in [4.69, 9.17) is 4.74 Å². The number of allylic oxidation sites excluding steroid dienone is 1. The van der Waals surface area contributed by atoms with Crippen LogP contribution in [-0.2, 0) is 9.53 Å². The third-order valence-electron chi connectivity index (χ3n) is 2.75. The summed E-state index contributed by atoms with van der Waals surface area (Å²) in [6.45, 7) is 3.08. The predicted octanol–water partition coefficient (Wildman–Crippen LogP) is 1.66. The summed E-state index contributed by atoms with van der Waals surface area (Å²) in [6, 6.07) is 0. The first-order valence-electron chi connectivity index (χ1n) is 5.06. The van der Waals surface area contributed by atoms with Crippen molar-refractivity contribution in [3.8, 4) is 0 Å². The van der Waals surface area contributed by atoms with Crippen LogP contribution >= 0.6 is 0 Å². The van der Waals surface area contributed by atoms with Crippen molar-refractivity contribution in [3.63, 3.8) is 0 Å². The number of aliphatic hydroxyl groups is 1. The van der Waals surface area contributed by atoms with Gasteiger partial charge in [0.25, 0.3) is 6.47 Å². The van der Waals surface area contributed by atoms with Crippen molar-refractivity contribution in [3.05, 3.63) is 12.2 Å². The van der Waals surface area contributed by atoms with E-state index in [2.05, 4.69) is 6.92 Å². The van der Waals surface area contributed by atoms with E-state index < -0.39 is 0 Å². The van der Waals surface area contributed by atoms with E-state index in [1.54, 1.807) is 0 Å². The average molecular weight is 198 g/mol. The molecule has 0 aliphatic heterocycles. The Morgan fingerprint density at radius 1 is 1.71 bits per heavy atom. The maximum absolute atomic E-state index is 10.1. The summed E-state index contributed by atoms with van der Waals surface area (Å²) in [7, 11) is 0. The van der Waals surface area contributed by atoms with Crippen molar-refractivity contribution in [2.45, 2.75) is 38.7 Å². The molecule has 2 unspecified atom stereocenters. The summed E-state index contributed by atoms with van der Waals surface area (Å²) >= 11 is 0. The molecule has 0 fully saturated rings. The third kappa shape index (κ3) is 3.50. The highest BCUT2D eigenvalue weighted by molar-refractivity contribution is 5.37. The fraction of sp³-hybridized carbons (Fsp3) is 0.727. The molecule has 0 radical (unpaired) electrons. The maximum Gasteiger partial charge on any atom is 0.293 e. The van der Waals surface area contributed by atoms with E-state index in [9.17, 15) is 9.90 Å². The number of carbonyl (C=O) groups is 1. The minimum Gasteiger partial charge on any atom is -0.467 e. The second-order valence-corrected chi connectivity index (χ2v) is 4.31. The van der Waals surface area contributed by atoms with Gasteiger partial charge in [-0.1, -0.05) is 19.1 Å². The van der Waals surface area contributed by atoms with Gasteiger partial charge in [-0.2, -0.15) is 0 Å². The second kappa shape index (κ2) is 5.15. The molecule has 3 nitrogen and oxygen atoms in total. The van der Waals surface area contributed by atoms with Crippen LogP contribution < -0.4 is 0 Å². The highest BCUT2D eigenvalue weighted by Gasteiger charge is 2.25. The van der Waals surface area contributed by atoms with Gasteiger partial charge >= 0.3 is 0 Å². The first-order chi connectivity index (χ1) is 6.66. The molecule has 14 heavy (non-hydrogen) atoms. The van der Waals surface area contributed by atoms with Crippen LogP contribution in [0.15, 0.2) is 12.2 Å². The molecule has 2 atom stereocenters. The standard InChI is InChI=1S/C11H18O3/c1-11(8-14-9-12)6-2-4-10(13)5-3-7-11/h2,4,9-10,13H,3,5-8H2,1H3. The lowest BCUT2D eigenvalue weighted by atomic mass is 9.80. The fourth-order valence-corrected chi connectivity index (χ4v) is 1.81. The van der Waals surface area contributed by atoms with Crippen molar-refractivity contribution < 1.29 is 14.6 Å². The molecule has 0 spiro atoms. The van der Waals surface area contributed by atoms with Crippen molar-refractivity contribution >= 4 is 6.47 Å². The van der Waals surface area contributed by atoms with Crippen LogP contribution in [0.1, 0.15) is 32.6 Å². The number of ether oxygens (including phenoxy) is 1. The van der Waals surface area contributed by atoms with Crippen LogP contribution in [0.3, 0.4) is 0 Å². The summed E-state index contributed by atoms with van der Waals surface area (Å²) in [4.78, 5) is 10.1. The maximum atomic E-state index is 10.1. The molecular formula is C11H18O3. The van der Waals surface area contributed by atoms with Gasteiger partial charge < -0.3 is 9.84 Å². The van der Waals surface area contributed by atoms with Crippen LogP contribution in [0.25, 0.3) is 0 Å². The molecule has 1 aliphatic rings. The zero-order valence-electron chi connectivity index (χ0n) is 8.61. The number of hydrogen-bond donors (Lipinski definition) is 1. The summed E-state index contributed by atoms with van der Waals surface area (Å²) in [5.74, 6) is 0. The lowest BCUT2D eigenvalue weighted by Gasteiger charge is -2.28. The molecule has 1 N–H and O–H groups in total. The monoisotopic (exact) mass is 198 g/mol. The van der Waals surface area contributed by atoms with E-state index in [-0.39, 0.29) is 11.5 Å². The highest BCUT2D eigenvalue weighted by atomic mass is 16.5. The summed E-state index contributed by atoms with van der Waals surface area (Å²) in [5, 5.41) is 9.39. The Morgan fingerprint density at radius 3 is 3.21 bits per heavy atom. The van der Waals surface area contributed by atoms with Crippen molar-refractivity contribution in [2.24, 2.45) is 5.41 Å². The number of aliphatic hydroxyl groups excluding tert-OH is 1. The molecule has 0 aromatic carbocycles. The topological polar surface area (TPSA) is 46.5 Å². The van der Waals surface area contributed by atoms with Crippen LogP contribution in [0.4, 0.5) is 0 Å². The van der Waals surface area contributed by atoms with Gasteiger partial charge in [0, 0.05) is 5.41 Å². The Labute approximate surface area is 84.8 Å². The van der Waals surface area contributed by atoms with Crippen LogP contribution in [0.5, 0.6) is 0 Å². The minimum absolute atomic E-state index is 0.0392. The molecule has 1 rings (SSSR count). The van der Waals surface area contributed by atoms with Crippen LogP contribution in [-0.4, -0.2) is 24.3 Å². The second-order valence-electron chi connectivity index (χ2n) is 4.31. The average Bonchev–Trinajstić information content (AvgIpc) is 2.12. The van der Waals surface area contributed by atoms with Gasteiger partial charge in [-0.25, -0.2) is 0 Å². The van der Waals surface area contributed by atoms with Gasteiger partial charge in [-0.05, 0) is 25.7 Å². The van der Waals surface area contributed by atoms with Crippen LogP contribution in [0.2, 0.25) is 0 Å². The lowest BCUT2D eigenvalue weighted by molar-refractivity contribution is -0.132. The summed E-state index contributed by atoms with van der Waals surface area (Å²) < 4.78 is 4.82. The molecule has 0 bridgehead atoms. The van der Waals surface area contributed by atoms with E-state index in [0.29, 0.717) is 13.1 Å². The Hall–Kier alpha value is -0.830. The minimum atomic E-state index is -0.300. The van der Waals surface area contributed by atoms with Gasteiger partial charge in [0.2, 0.25) is 0 Å². The molecule has 0 heterocycles. The first kappa shape index (κ1) is 11.2. The molecule has 0 saturated heterocycles. The van der Waals surface area contributed by atoms with Gasteiger partial charge in [0.1, 0.15) is 0 Å². The number of rotatable bonds is 3. The van der Waals surface area contributed by atoms with E-state index in [1.807, 2.05) is 12.2 Å². The molecule has 0 aromatic heterocycles. The molecular weight excluding hydrogens is 180 g/mol. The quantitative estimate of drug-likeness (QED) is 0.554. The zero-order chi connectivity index (χ0) is 10.4. The molecule has 1 aliphatic carbocycles. The van der Waals surface area contributed by atoms with E-state index in [0.717, 1.165) is 25.7 Å². The largest absolute Gasteiger partial charge is 0.467 e. The molecule has 0 aromatic rings. The normalized spacial score (nSPS) is 33.1. The Balaban J connectivity index is 2.51. The highest BCUT2D eigenvalue weighted by Crippen LogP contribution is 2.31. The van der Waals surface area contributed by atoms with Crippen molar-refractivity contribution in [1.82, 2.24) is 0 Å². The third-order valence-corrected chi connectivity index (χ3v) is 2.75. The van der Waals surface area contributed by atoms with E-state index in [1.165, 1.54) is 0 Å². The molecule has 3 heteroatoms. The van der Waals surface area contributed by atoms with Crippen molar-refractivity contribution in [1.29, 1.82) is 0 Å². The van der Waals surface area contributed by atoms with E-state index >= 15 is 0 Å². The Kier molecular flexibility index (Phi) is 4.14. The zero-order valence-corrected chi connectivity index (χ0v) is 8.61. The van der Waals surface area contributed by atoms with Gasteiger partial charge in [-0.3, -0.25) is 4.79 Å². The fourth-order valence-electron chi connectivity index (χ4n) is 1.81. The lowest BCUT2D eigenvalue weighted by Crippen LogP contribution is -2.24. The van der Waals surface area contributed by atoms with Gasteiger partial charge in [0.15, 0.2) is 0 Å². The Bertz CT molecular complexity index is 213. The summed E-state index contributed by atoms with van der Waals surface area (Å²) in [6.07, 6.45) is 7.14. The molecule has 0 amide bonds. The molecule has 80 valence electrons. The number of carbonyl (C=O) groups excluding carboxylic acids is 1. The first-order valence-corrected chi connectivity index (χ1v) is 5.06. The molecule has 0 saturated carbocycles. The number of hydrogen-bond acceptors (Lipinski definition) is 3. The van der Waals surface area contributed by atoms with Gasteiger partial charge in [0.05, 0.1) is 12.7 Å². The summed E-state index contributed by atoms with van der Waals surface area (Å²) in [5.41, 5.74) is 0.0392. The SMILES string of the molecule is CC1(COC=O)CC=CC(O)CCC1. The smallest absolute Gasteiger partial charge is 0.293 e. The van der Waals surface area contributed by atoms with Crippen LogP contribution in [0, 0.1) is 5.41 Å². The Morgan fingerprint density at radius 2 is 2.50 bits per heavy atom.